The standard InChI is InChI=1S/C8H10ClNOS/c9-8-10-5-7(12-8)6-1-3-11-4-2-6/h5-6H,1-4H2. The highest BCUT2D eigenvalue weighted by Crippen LogP contribution is 2.32. The Kier molecular flexibility index (Phi) is 2.63. The van der Waals surface area contributed by atoms with Gasteiger partial charge in [0.15, 0.2) is 4.47 Å². The molecule has 0 amide bonds. The number of hydrogen-bond donors (Lipinski definition) is 0. The Bertz CT molecular complexity index is 257. The van der Waals surface area contributed by atoms with Gasteiger partial charge in [0.05, 0.1) is 0 Å². The fraction of sp³-hybridized carbons (Fsp3) is 0.625. The lowest BCUT2D eigenvalue weighted by Crippen LogP contribution is -2.12. The largest absolute Gasteiger partial charge is 0.381 e. The van der Waals surface area contributed by atoms with Crippen LogP contribution in [0.25, 0.3) is 0 Å². The topological polar surface area (TPSA) is 22.1 Å². The summed E-state index contributed by atoms with van der Waals surface area (Å²) in [6, 6.07) is 0. The SMILES string of the molecule is Clc1ncc(C2CCOCC2)s1. The summed E-state index contributed by atoms with van der Waals surface area (Å²) in [7, 11) is 0. The van der Waals surface area contributed by atoms with Gasteiger partial charge < -0.3 is 4.74 Å². The van der Waals surface area contributed by atoms with Gasteiger partial charge in [-0.2, -0.15) is 0 Å². The number of aromatic nitrogens is 1. The molecule has 66 valence electrons. The first-order valence-electron chi connectivity index (χ1n) is 4.05. The van der Waals surface area contributed by atoms with Crippen molar-refractivity contribution in [3.05, 3.63) is 15.5 Å². The molecule has 1 fully saturated rings. The summed E-state index contributed by atoms with van der Waals surface area (Å²) >= 11 is 7.35. The number of ether oxygens (including phenoxy) is 1. The Balaban J connectivity index is 2.08. The van der Waals surface area contributed by atoms with Gasteiger partial charge in [0.2, 0.25) is 0 Å². The molecule has 1 saturated heterocycles. The van der Waals surface area contributed by atoms with E-state index in [-0.39, 0.29) is 0 Å². The second-order valence-electron chi connectivity index (χ2n) is 2.90. The maximum absolute atomic E-state index is 5.76. The zero-order chi connectivity index (χ0) is 8.39. The summed E-state index contributed by atoms with van der Waals surface area (Å²) in [5.41, 5.74) is 0. The van der Waals surface area contributed by atoms with Gasteiger partial charge in [-0.3, -0.25) is 0 Å². The monoisotopic (exact) mass is 203 g/mol. The van der Waals surface area contributed by atoms with Crippen molar-refractivity contribution in [1.29, 1.82) is 0 Å². The van der Waals surface area contributed by atoms with Gasteiger partial charge in [-0.1, -0.05) is 11.6 Å². The molecule has 0 saturated carbocycles. The molecule has 4 heteroatoms. The second-order valence-corrected chi connectivity index (χ2v) is 4.55. The molecule has 0 radical (unpaired) electrons. The molecule has 1 aliphatic rings. The first kappa shape index (κ1) is 8.48. The van der Waals surface area contributed by atoms with Crippen LogP contribution in [0.15, 0.2) is 6.20 Å². The van der Waals surface area contributed by atoms with Gasteiger partial charge in [-0.05, 0) is 18.8 Å². The second kappa shape index (κ2) is 3.73. The summed E-state index contributed by atoms with van der Waals surface area (Å²) in [4.78, 5) is 5.34. The van der Waals surface area contributed by atoms with Crippen molar-refractivity contribution < 1.29 is 4.74 Å². The fourth-order valence-corrected chi connectivity index (χ4v) is 2.56. The van der Waals surface area contributed by atoms with Crippen LogP contribution in [-0.2, 0) is 4.74 Å². The predicted octanol–water partition coefficient (Wildman–Crippen LogP) is 2.69. The van der Waals surface area contributed by atoms with E-state index in [1.54, 1.807) is 11.3 Å². The minimum atomic E-state index is 0.628. The number of rotatable bonds is 1. The molecule has 0 N–H and O–H groups in total. The molecule has 1 aliphatic heterocycles. The summed E-state index contributed by atoms with van der Waals surface area (Å²) < 4.78 is 5.93. The lowest BCUT2D eigenvalue weighted by atomic mass is 9.99. The molecule has 0 spiro atoms. The van der Waals surface area contributed by atoms with E-state index in [0.29, 0.717) is 10.4 Å². The number of nitrogens with zero attached hydrogens (tertiary/aromatic N) is 1. The molecule has 0 atom stereocenters. The zero-order valence-electron chi connectivity index (χ0n) is 6.62. The summed E-state index contributed by atoms with van der Waals surface area (Å²) in [5, 5.41) is 0. The van der Waals surface area contributed by atoms with E-state index in [2.05, 4.69) is 4.98 Å². The van der Waals surface area contributed by atoms with E-state index in [1.807, 2.05) is 6.20 Å². The molecule has 1 aromatic heterocycles. The Hall–Kier alpha value is -0.120. The Morgan fingerprint density at radius 3 is 2.83 bits per heavy atom. The Morgan fingerprint density at radius 2 is 2.25 bits per heavy atom. The van der Waals surface area contributed by atoms with Crippen LogP contribution in [0.5, 0.6) is 0 Å². The van der Waals surface area contributed by atoms with Gasteiger partial charge in [0, 0.05) is 24.3 Å². The molecule has 12 heavy (non-hydrogen) atoms. The molecule has 2 nitrogen and oxygen atoms in total. The Labute approximate surface area is 80.5 Å². The first-order valence-corrected chi connectivity index (χ1v) is 5.24. The van der Waals surface area contributed by atoms with Crippen molar-refractivity contribution in [3.8, 4) is 0 Å². The molecule has 0 bridgehead atoms. The van der Waals surface area contributed by atoms with Gasteiger partial charge in [-0.25, -0.2) is 4.98 Å². The van der Waals surface area contributed by atoms with E-state index in [4.69, 9.17) is 16.3 Å². The normalized spacial score (nSPS) is 19.8. The third-order valence-electron chi connectivity index (χ3n) is 2.12. The lowest BCUT2D eigenvalue weighted by Gasteiger charge is -2.19. The fourth-order valence-electron chi connectivity index (χ4n) is 1.44. The highest BCUT2D eigenvalue weighted by molar-refractivity contribution is 7.15. The number of thiazole rings is 1. The highest BCUT2D eigenvalue weighted by Gasteiger charge is 2.17. The van der Waals surface area contributed by atoms with Gasteiger partial charge in [0.1, 0.15) is 0 Å². The highest BCUT2D eigenvalue weighted by atomic mass is 35.5. The predicted molar refractivity (Wildman–Crippen MR) is 49.9 cm³/mol. The van der Waals surface area contributed by atoms with Gasteiger partial charge in [-0.15, -0.1) is 11.3 Å². The third-order valence-corrected chi connectivity index (χ3v) is 3.40. The number of halogens is 1. The first-order chi connectivity index (χ1) is 5.86. The zero-order valence-corrected chi connectivity index (χ0v) is 8.20. The molecule has 2 heterocycles. The van der Waals surface area contributed by atoms with E-state index < -0.39 is 0 Å². The van der Waals surface area contributed by atoms with Crippen LogP contribution in [0, 0.1) is 0 Å². The van der Waals surface area contributed by atoms with E-state index in [9.17, 15) is 0 Å². The van der Waals surface area contributed by atoms with Crippen LogP contribution >= 0.6 is 22.9 Å². The smallest absolute Gasteiger partial charge is 0.183 e. The van der Waals surface area contributed by atoms with Crippen LogP contribution in [-0.4, -0.2) is 18.2 Å². The van der Waals surface area contributed by atoms with Crippen molar-refractivity contribution in [2.75, 3.05) is 13.2 Å². The summed E-state index contributed by atoms with van der Waals surface area (Å²) in [6.07, 6.45) is 4.11. The van der Waals surface area contributed by atoms with Crippen molar-refractivity contribution in [2.45, 2.75) is 18.8 Å². The van der Waals surface area contributed by atoms with Crippen molar-refractivity contribution in [1.82, 2.24) is 4.98 Å². The van der Waals surface area contributed by atoms with Crippen LogP contribution in [0.3, 0.4) is 0 Å². The Morgan fingerprint density at radius 1 is 1.50 bits per heavy atom. The van der Waals surface area contributed by atoms with Crippen LogP contribution in [0.2, 0.25) is 4.47 Å². The van der Waals surface area contributed by atoms with E-state index in [0.717, 1.165) is 26.1 Å². The van der Waals surface area contributed by atoms with Crippen LogP contribution in [0.1, 0.15) is 23.6 Å². The minimum absolute atomic E-state index is 0.628. The van der Waals surface area contributed by atoms with Crippen LogP contribution in [0.4, 0.5) is 0 Å². The van der Waals surface area contributed by atoms with E-state index in [1.165, 1.54) is 4.88 Å². The van der Waals surface area contributed by atoms with Crippen molar-refractivity contribution >= 4 is 22.9 Å². The molecule has 1 aromatic rings. The minimum Gasteiger partial charge on any atom is -0.381 e. The maximum Gasteiger partial charge on any atom is 0.183 e. The molecular weight excluding hydrogens is 194 g/mol. The quantitative estimate of drug-likeness (QED) is 0.700. The average Bonchev–Trinajstić information content (AvgIpc) is 2.54. The van der Waals surface area contributed by atoms with Crippen molar-refractivity contribution in [2.24, 2.45) is 0 Å². The molecule has 0 unspecified atom stereocenters. The van der Waals surface area contributed by atoms with Crippen molar-refractivity contribution in [3.63, 3.8) is 0 Å². The maximum atomic E-state index is 5.76. The van der Waals surface area contributed by atoms with Gasteiger partial charge >= 0.3 is 0 Å². The third kappa shape index (κ3) is 1.79. The summed E-state index contributed by atoms with van der Waals surface area (Å²) in [6.45, 7) is 1.75. The molecular formula is C8H10ClNOS. The molecule has 0 aromatic carbocycles. The van der Waals surface area contributed by atoms with Crippen LogP contribution < -0.4 is 0 Å². The van der Waals surface area contributed by atoms with E-state index >= 15 is 0 Å². The molecule has 2 rings (SSSR count). The summed E-state index contributed by atoms with van der Waals surface area (Å²) in [5.74, 6) is 0.628. The van der Waals surface area contributed by atoms with Gasteiger partial charge in [0.25, 0.3) is 0 Å². The lowest BCUT2D eigenvalue weighted by molar-refractivity contribution is 0.0860. The average molecular weight is 204 g/mol. The number of hydrogen-bond acceptors (Lipinski definition) is 3. The molecule has 0 aliphatic carbocycles.